The van der Waals surface area contributed by atoms with Gasteiger partial charge in [-0.15, -0.1) is 0 Å². The summed E-state index contributed by atoms with van der Waals surface area (Å²) in [4.78, 5) is 13.2. The van der Waals surface area contributed by atoms with E-state index < -0.39 is 0 Å². The maximum Gasteiger partial charge on any atom is 0.219 e. The van der Waals surface area contributed by atoms with Crippen LogP contribution in [0.4, 0.5) is 0 Å². The third-order valence-electron chi connectivity index (χ3n) is 2.68. The predicted octanol–water partition coefficient (Wildman–Crippen LogP) is 0.853. The second kappa shape index (κ2) is 4.61. The summed E-state index contributed by atoms with van der Waals surface area (Å²) in [6.07, 6.45) is 1.07. The largest absolute Gasteiger partial charge is 0.341 e. The molecule has 0 saturated carbocycles. The number of nitrogens with zero attached hydrogens (tertiary/aromatic N) is 1. The molecule has 0 radical (unpaired) electrons. The number of hydrogen-bond acceptors (Lipinski definition) is 2. The molecule has 3 nitrogen and oxygen atoms in total. The number of nitrogens with one attached hydrogen (secondary N) is 1. The number of rotatable bonds is 1. The smallest absolute Gasteiger partial charge is 0.219 e. The fourth-order valence-electron chi connectivity index (χ4n) is 1.68. The fraction of sp³-hybridized carbons (Fsp3) is 0.900. The van der Waals surface area contributed by atoms with Crippen molar-refractivity contribution in [1.29, 1.82) is 0 Å². The Morgan fingerprint density at radius 1 is 1.54 bits per heavy atom. The number of hydrogen-bond donors (Lipinski definition) is 1. The van der Waals surface area contributed by atoms with Crippen LogP contribution in [0, 0.1) is 5.92 Å². The molecule has 0 bridgehead atoms. The van der Waals surface area contributed by atoms with Crippen molar-refractivity contribution >= 4 is 5.91 Å². The summed E-state index contributed by atoms with van der Waals surface area (Å²) in [6, 6.07) is 0.464. The van der Waals surface area contributed by atoms with E-state index in [9.17, 15) is 4.79 Å². The molecule has 0 spiro atoms. The van der Waals surface area contributed by atoms with E-state index in [2.05, 4.69) is 19.2 Å². The lowest BCUT2D eigenvalue weighted by molar-refractivity contribution is -0.129. The number of carbonyl (C=O) groups is 1. The minimum Gasteiger partial charge on any atom is -0.341 e. The van der Waals surface area contributed by atoms with Gasteiger partial charge >= 0.3 is 0 Å². The SMILES string of the molecule is CC(=O)N1CCCNC(C(C)C)C1. The maximum atomic E-state index is 11.2. The highest BCUT2D eigenvalue weighted by Gasteiger charge is 2.21. The Balaban J connectivity index is 2.54. The zero-order chi connectivity index (χ0) is 9.84. The highest BCUT2D eigenvalue weighted by Crippen LogP contribution is 2.08. The molecule has 3 heteroatoms. The Labute approximate surface area is 80.5 Å². The summed E-state index contributed by atoms with van der Waals surface area (Å²) >= 11 is 0. The molecule has 1 amide bonds. The third kappa shape index (κ3) is 2.99. The maximum absolute atomic E-state index is 11.2. The minimum absolute atomic E-state index is 0.203. The first-order valence-electron chi connectivity index (χ1n) is 5.10. The Kier molecular flexibility index (Phi) is 3.72. The molecule has 1 unspecified atom stereocenters. The van der Waals surface area contributed by atoms with Crippen LogP contribution in [0.2, 0.25) is 0 Å². The Morgan fingerprint density at radius 3 is 2.77 bits per heavy atom. The van der Waals surface area contributed by atoms with Gasteiger partial charge < -0.3 is 10.2 Å². The summed E-state index contributed by atoms with van der Waals surface area (Å²) in [5.74, 6) is 0.800. The highest BCUT2D eigenvalue weighted by atomic mass is 16.2. The van der Waals surface area contributed by atoms with Crippen LogP contribution in [0.15, 0.2) is 0 Å². The van der Waals surface area contributed by atoms with Crippen molar-refractivity contribution in [1.82, 2.24) is 10.2 Å². The Morgan fingerprint density at radius 2 is 2.23 bits per heavy atom. The monoisotopic (exact) mass is 184 g/mol. The third-order valence-corrected chi connectivity index (χ3v) is 2.68. The van der Waals surface area contributed by atoms with Gasteiger partial charge in [0.05, 0.1) is 0 Å². The molecule has 1 heterocycles. The average Bonchev–Trinajstić information content (AvgIpc) is 2.28. The average molecular weight is 184 g/mol. The van der Waals surface area contributed by atoms with Crippen molar-refractivity contribution in [3.05, 3.63) is 0 Å². The molecule has 1 saturated heterocycles. The first-order chi connectivity index (χ1) is 6.11. The summed E-state index contributed by atoms with van der Waals surface area (Å²) < 4.78 is 0. The topological polar surface area (TPSA) is 32.3 Å². The molecule has 13 heavy (non-hydrogen) atoms. The quantitative estimate of drug-likeness (QED) is 0.655. The van der Waals surface area contributed by atoms with E-state index in [0.717, 1.165) is 26.1 Å². The molecule has 76 valence electrons. The lowest BCUT2D eigenvalue weighted by atomic mass is 10.0. The zero-order valence-corrected chi connectivity index (χ0v) is 8.84. The van der Waals surface area contributed by atoms with E-state index in [1.807, 2.05) is 4.90 Å². The molecule has 0 aromatic carbocycles. The lowest BCUT2D eigenvalue weighted by Gasteiger charge is -2.25. The molecule has 1 rings (SSSR count). The first kappa shape index (κ1) is 10.5. The molecule has 1 fully saturated rings. The van der Waals surface area contributed by atoms with Gasteiger partial charge in [-0.25, -0.2) is 0 Å². The lowest BCUT2D eigenvalue weighted by Crippen LogP contribution is -2.42. The zero-order valence-electron chi connectivity index (χ0n) is 8.84. The molecular formula is C10H20N2O. The van der Waals surface area contributed by atoms with Crippen LogP contribution in [0.1, 0.15) is 27.2 Å². The minimum atomic E-state index is 0.203. The summed E-state index contributed by atoms with van der Waals surface area (Å²) in [5.41, 5.74) is 0. The van der Waals surface area contributed by atoms with Gasteiger partial charge in [0.25, 0.3) is 0 Å². The highest BCUT2D eigenvalue weighted by molar-refractivity contribution is 5.73. The van der Waals surface area contributed by atoms with Crippen molar-refractivity contribution in [2.24, 2.45) is 5.92 Å². The Bertz CT molecular complexity index is 180. The van der Waals surface area contributed by atoms with Gasteiger partial charge in [0, 0.05) is 26.1 Å². The van der Waals surface area contributed by atoms with E-state index in [0.29, 0.717) is 12.0 Å². The van der Waals surface area contributed by atoms with Gasteiger partial charge in [-0.2, -0.15) is 0 Å². The second-order valence-electron chi connectivity index (χ2n) is 4.12. The van der Waals surface area contributed by atoms with Crippen LogP contribution in [0.5, 0.6) is 0 Å². The van der Waals surface area contributed by atoms with Crippen molar-refractivity contribution in [2.45, 2.75) is 33.2 Å². The van der Waals surface area contributed by atoms with E-state index >= 15 is 0 Å². The summed E-state index contributed by atoms with van der Waals surface area (Å²) in [5, 5.41) is 3.47. The summed E-state index contributed by atoms with van der Waals surface area (Å²) in [6.45, 7) is 8.86. The Hall–Kier alpha value is -0.570. The van der Waals surface area contributed by atoms with Crippen molar-refractivity contribution in [3.8, 4) is 0 Å². The van der Waals surface area contributed by atoms with E-state index in [4.69, 9.17) is 0 Å². The van der Waals surface area contributed by atoms with Crippen LogP contribution in [-0.2, 0) is 4.79 Å². The normalized spacial score (nSPS) is 24.6. The van der Waals surface area contributed by atoms with Gasteiger partial charge in [-0.05, 0) is 18.9 Å². The standard InChI is InChI=1S/C10H20N2O/c1-8(2)10-7-12(9(3)13)6-4-5-11-10/h8,10-11H,4-7H2,1-3H3. The van der Waals surface area contributed by atoms with Crippen molar-refractivity contribution in [2.75, 3.05) is 19.6 Å². The molecular weight excluding hydrogens is 164 g/mol. The molecule has 1 N–H and O–H groups in total. The van der Waals surface area contributed by atoms with Gasteiger partial charge in [-0.1, -0.05) is 13.8 Å². The summed E-state index contributed by atoms with van der Waals surface area (Å²) in [7, 11) is 0. The van der Waals surface area contributed by atoms with Crippen molar-refractivity contribution < 1.29 is 4.79 Å². The van der Waals surface area contributed by atoms with E-state index in [1.54, 1.807) is 6.92 Å². The second-order valence-corrected chi connectivity index (χ2v) is 4.12. The van der Waals surface area contributed by atoms with Crippen LogP contribution < -0.4 is 5.32 Å². The van der Waals surface area contributed by atoms with E-state index in [-0.39, 0.29) is 5.91 Å². The molecule has 0 aromatic heterocycles. The molecule has 1 aliphatic rings. The van der Waals surface area contributed by atoms with Crippen LogP contribution >= 0.6 is 0 Å². The molecule has 1 aliphatic heterocycles. The number of carbonyl (C=O) groups excluding carboxylic acids is 1. The van der Waals surface area contributed by atoms with E-state index in [1.165, 1.54) is 0 Å². The molecule has 0 aromatic rings. The van der Waals surface area contributed by atoms with Crippen LogP contribution in [-0.4, -0.2) is 36.5 Å². The first-order valence-corrected chi connectivity index (χ1v) is 5.10. The van der Waals surface area contributed by atoms with Gasteiger partial charge in [-0.3, -0.25) is 4.79 Å². The van der Waals surface area contributed by atoms with Gasteiger partial charge in [0.15, 0.2) is 0 Å². The number of amides is 1. The van der Waals surface area contributed by atoms with Crippen LogP contribution in [0.25, 0.3) is 0 Å². The van der Waals surface area contributed by atoms with Crippen LogP contribution in [0.3, 0.4) is 0 Å². The molecule has 0 aliphatic carbocycles. The fourth-order valence-corrected chi connectivity index (χ4v) is 1.68. The molecule has 1 atom stereocenters. The predicted molar refractivity (Wildman–Crippen MR) is 53.5 cm³/mol. The van der Waals surface area contributed by atoms with Crippen molar-refractivity contribution in [3.63, 3.8) is 0 Å². The van der Waals surface area contributed by atoms with Gasteiger partial charge in [0.1, 0.15) is 0 Å². The van der Waals surface area contributed by atoms with Gasteiger partial charge in [0.2, 0.25) is 5.91 Å².